The molecule has 224 valence electrons. The molecule has 1 saturated heterocycles. The molecule has 12 heteroatoms. The van der Waals surface area contributed by atoms with Gasteiger partial charge in [-0.1, -0.05) is 56.2 Å². The molecule has 0 aliphatic carbocycles. The molecule has 0 saturated carbocycles. The van der Waals surface area contributed by atoms with E-state index in [1.807, 2.05) is 30.3 Å². The van der Waals surface area contributed by atoms with Crippen LogP contribution in [0.25, 0.3) is 10.4 Å². The summed E-state index contributed by atoms with van der Waals surface area (Å²) in [5, 5.41) is 6.51. The quantitative estimate of drug-likeness (QED) is 0.266. The molecule has 2 aromatic rings. The lowest BCUT2D eigenvalue weighted by Crippen LogP contribution is -2.58. The van der Waals surface area contributed by atoms with Gasteiger partial charge in [0.2, 0.25) is 17.7 Å². The molecule has 3 atom stereocenters. The minimum Gasteiger partial charge on any atom is -0.444 e. The number of carbonyl (C=O) groups is 4. The molecule has 0 unspecified atom stereocenters. The summed E-state index contributed by atoms with van der Waals surface area (Å²) in [5.41, 5.74) is 14.6. The largest absolute Gasteiger partial charge is 0.444 e. The number of hydrogen-bond donors (Lipinski definition) is 2. The molecular weight excluding hydrogens is 538 g/mol. The van der Waals surface area contributed by atoms with Crippen molar-refractivity contribution in [1.82, 2.24) is 10.2 Å². The Bertz CT molecular complexity index is 1340. The minimum absolute atomic E-state index is 0.00166. The summed E-state index contributed by atoms with van der Waals surface area (Å²) in [6.07, 6.45) is -0.660. The third-order valence-corrected chi connectivity index (χ3v) is 6.75. The second-order valence-electron chi connectivity index (χ2n) is 12.4. The van der Waals surface area contributed by atoms with Crippen LogP contribution in [0, 0.1) is 5.41 Å². The van der Waals surface area contributed by atoms with Gasteiger partial charge in [-0.15, -0.1) is 0 Å². The van der Waals surface area contributed by atoms with Crippen LogP contribution in [0.15, 0.2) is 59.7 Å². The molecule has 1 fully saturated rings. The zero-order valence-electron chi connectivity index (χ0n) is 24.9. The predicted octanol–water partition coefficient (Wildman–Crippen LogP) is 4.54. The number of anilines is 1. The van der Waals surface area contributed by atoms with Crippen molar-refractivity contribution in [3.8, 4) is 0 Å². The second kappa shape index (κ2) is 12.9. The van der Waals surface area contributed by atoms with Crippen LogP contribution in [0.5, 0.6) is 0 Å². The number of carbonyl (C=O) groups excluding carboxylic acids is 4. The Morgan fingerprint density at radius 3 is 2.21 bits per heavy atom. The van der Waals surface area contributed by atoms with Gasteiger partial charge < -0.3 is 25.6 Å². The van der Waals surface area contributed by atoms with Crippen LogP contribution in [0.2, 0.25) is 0 Å². The molecule has 0 radical (unpaired) electrons. The first-order valence-corrected chi connectivity index (χ1v) is 13.7. The maximum atomic E-state index is 14.3. The number of nitrogens with zero attached hydrogens (tertiary/aromatic N) is 5. The first-order valence-electron chi connectivity index (χ1n) is 13.7. The summed E-state index contributed by atoms with van der Waals surface area (Å²) in [5.74, 6) is -1.50. The van der Waals surface area contributed by atoms with Crippen molar-refractivity contribution in [1.29, 1.82) is 0 Å². The van der Waals surface area contributed by atoms with Crippen molar-refractivity contribution in [2.24, 2.45) is 16.3 Å². The molecule has 3 N–H and O–H groups in total. The van der Waals surface area contributed by atoms with Gasteiger partial charge in [0.15, 0.2) is 0 Å². The summed E-state index contributed by atoms with van der Waals surface area (Å²) in [7, 11) is 0. The van der Waals surface area contributed by atoms with E-state index < -0.39 is 53.0 Å². The lowest BCUT2D eigenvalue weighted by molar-refractivity contribution is -0.141. The fraction of sp³-hybridized carbons (Fsp3) is 0.467. The van der Waals surface area contributed by atoms with E-state index in [0.717, 1.165) is 5.56 Å². The number of ether oxygens (including phenoxy) is 1. The van der Waals surface area contributed by atoms with Crippen LogP contribution in [-0.2, 0) is 20.9 Å². The minimum atomic E-state index is -1.04. The van der Waals surface area contributed by atoms with Crippen molar-refractivity contribution >= 4 is 29.5 Å². The number of likely N-dealkylation sites (tertiary alicyclic amines) is 1. The van der Waals surface area contributed by atoms with E-state index in [4.69, 9.17) is 16.0 Å². The molecule has 4 amide bonds. The van der Waals surface area contributed by atoms with E-state index in [2.05, 4.69) is 15.3 Å². The fourth-order valence-electron chi connectivity index (χ4n) is 4.74. The number of hydrogen-bond acceptors (Lipinski definition) is 6. The van der Waals surface area contributed by atoms with Crippen LogP contribution in [-0.4, -0.2) is 59.0 Å². The molecule has 3 rings (SSSR count). The smallest absolute Gasteiger partial charge is 0.408 e. The summed E-state index contributed by atoms with van der Waals surface area (Å²) in [4.78, 5) is 58.6. The fourth-order valence-corrected chi connectivity index (χ4v) is 4.74. The topological polar surface area (TPSA) is 171 Å². The zero-order chi connectivity index (χ0) is 31.2. The van der Waals surface area contributed by atoms with E-state index in [-0.39, 0.29) is 25.1 Å². The molecule has 1 aliphatic heterocycles. The van der Waals surface area contributed by atoms with Gasteiger partial charge in [-0.2, -0.15) is 0 Å². The van der Waals surface area contributed by atoms with Gasteiger partial charge in [0.05, 0.1) is 12.6 Å². The predicted molar refractivity (Wildman–Crippen MR) is 158 cm³/mol. The van der Waals surface area contributed by atoms with Gasteiger partial charge in [-0.05, 0) is 68.0 Å². The highest BCUT2D eigenvalue weighted by Crippen LogP contribution is 2.30. The van der Waals surface area contributed by atoms with E-state index >= 15 is 0 Å². The third-order valence-electron chi connectivity index (χ3n) is 6.75. The first-order chi connectivity index (χ1) is 19.6. The SMILES string of the molecule is CC(C)(C)OC(=O)N[C@H](C(=O)N1C[C@@H](N=[N+]=[N-])C[C@H]1C(=O)N(Cc1ccccc1)c1ccc(C(N)=O)cc1)C(C)(C)C. The molecule has 0 spiro atoms. The highest BCUT2D eigenvalue weighted by Gasteiger charge is 2.46. The lowest BCUT2D eigenvalue weighted by Gasteiger charge is -2.37. The van der Waals surface area contributed by atoms with Crippen molar-refractivity contribution in [3.05, 3.63) is 76.2 Å². The average molecular weight is 578 g/mol. The van der Waals surface area contributed by atoms with Crippen LogP contribution < -0.4 is 16.0 Å². The maximum absolute atomic E-state index is 14.3. The molecular formula is C30H39N7O5. The number of benzene rings is 2. The summed E-state index contributed by atoms with van der Waals surface area (Å²) in [6.45, 7) is 10.7. The molecule has 1 aliphatic rings. The highest BCUT2D eigenvalue weighted by atomic mass is 16.6. The zero-order valence-corrected chi connectivity index (χ0v) is 24.9. The molecule has 2 aromatic carbocycles. The van der Waals surface area contributed by atoms with Crippen molar-refractivity contribution in [2.75, 3.05) is 11.4 Å². The second-order valence-corrected chi connectivity index (χ2v) is 12.4. The maximum Gasteiger partial charge on any atom is 0.408 e. The molecule has 0 aromatic heterocycles. The first kappa shape index (κ1) is 32.0. The lowest BCUT2D eigenvalue weighted by atomic mass is 9.85. The normalized spacial score (nSPS) is 17.5. The molecule has 42 heavy (non-hydrogen) atoms. The number of primary amides is 1. The Morgan fingerprint density at radius 2 is 1.69 bits per heavy atom. The van der Waals surface area contributed by atoms with E-state index in [1.54, 1.807) is 53.7 Å². The Kier molecular flexibility index (Phi) is 9.85. The van der Waals surface area contributed by atoms with Gasteiger partial charge in [-0.25, -0.2) is 4.79 Å². The van der Waals surface area contributed by atoms with Crippen molar-refractivity contribution in [3.63, 3.8) is 0 Å². The average Bonchev–Trinajstić information content (AvgIpc) is 3.33. The Balaban J connectivity index is 2.01. The number of rotatable bonds is 8. The number of alkyl carbamates (subject to hydrolysis) is 1. The molecule has 1 heterocycles. The monoisotopic (exact) mass is 577 g/mol. The number of azide groups is 1. The van der Waals surface area contributed by atoms with E-state index in [0.29, 0.717) is 5.69 Å². The van der Waals surface area contributed by atoms with Gasteiger partial charge in [0, 0.05) is 22.7 Å². The summed E-state index contributed by atoms with van der Waals surface area (Å²) < 4.78 is 5.40. The van der Waals surface area contributed by atoms with Gasteiger partial charge >= 0.3 is 6.09 Å². The Labute approximate surface area is 245 Å². The van der Waals surface area contributed by atoms with E-state index in [1.165, 1.54) is 21.9 Å². The van der Waals surface area contributed by atoms with Gasteiger partial charge in [0.25, 0.3) is 0 Å². The summed E-state index contributed by atoms with van der Waals surface area (Å²) >= 11 is 0. The third kappa shape index (κ3) is 8.23. The number of amides is 4. The van der Waals surface area contributed by atoms with Crippen LogP contribution >= 0.6 is 0 Å². The van der Waals surface area contributed by atoms with Crippen LogP contribution in [0.3, 0.4) is 0 Å². The molecule has 12 nitrogen and oxygen atoms in total. The molecule has 0 bridgehead atoms. The van der Waals surface area contributed by atoms with Gasteiger partial charge in [0.1, 0.15) is 17.7 Å². The summed E-state index contributed by atoms with van der Waals surface area (Å²) in [6, 6.07) is 13.0. The number of nitrogens with one attached hydrogen (secondary N) is 1. The van der Waals surface area contributed by atoms with Crippen LogP contribution in [0.1, 0.15) is 63.9 Å². The number of nitrogens with two attached hydrogens (primary N) is 1. The van der Waals surface area contributed by atoms with Crippen molar-refractivity contribution in [2.45, 2.75) is 78.2 Å². The Hall–Kier alpha value is -4.57. The van der Waals surface area contributed by atoms with Crippen LogP contribution in [0.4, 0.5) is 10.5 Å². The van der Waals surface area contributed by atoms with Crippen molar-refractivity contribution < 1.29 is 23.9 Å². The standard InChI is InChI=1S/C30H39N7O5/c1-29(2,3)24(33-28(41)42-30(4,5)6)27(40)37-18-21(34-35-32)16-23(37)26(39)36(17-19-10-8-7-9-11-19)22-14-12-20(13-15-22)25(31)38/h7-15,21,23-24H,16-18H2,1-6H3,(H2,31,38)(H,33,41)/t21-,23-,24+/m0/s1. The Morgan fingerprint density at radius 1 is 1.07 bits per heavy atom. The highest BCUT2D eigenvalue weighted by molar-refractivity contribution is 6.01. The van der Waals surface area contributed by atoms with E-state index in [9.17, 15) is 19.2 Å². The van der Waals surface area contributed by atoms with Gasteiger partial charge in [-0.3, -0.25) is 14.4 Å².